The molecule has 0 unspecified atom stereocenters. The molecule has 10 heteroatoms. The largest absolute Gasteiger partial charge is 0.497 e. The van der Waals surface area contributed by atoms with E-state index in [1.807, 2.05) is 24.3 Å². The number of hydrogen-bond donors (Lipinski definition) is 0. The Hall–Kier alpha value is -2.59. The van der Waals surface area contributed by atoms with Gasteiger partial charge < -0.3 is 9.64 Å². The van der Waals surface area contributed by atoms with Gasteiger partial charge in [0.05, 0.1) is 17.6 Å². The molecule has 2 aromatic carbocycles. The molecule has 168 valence electrons. The fourth-order valence-corrected chi connectivity index (χ4v) is 4.87. The van der Waals surface area contributed by atoms with E-state index in [1.54, 1.807) is 12.0 Å². The van der Waals surface area contributed by atoms with E-state index in [1.165, 1.54) is 0 Å². The number of methoxy groups -OCH3 is 1. The lowest BCUT2D eigenvalue weighted by Crippen LogP contribution is -2.50. The number of rotatable bonds is 6. The molecule has 0 spiro atoms. The maximum Gasteiger partial charge on any atom is 0.416 e. The fourth-order valence-electron chi connectivity index (χ4n) is 3.40. The Bertz CT molecular complexity index is 1030. The van der Waals surface area contributed by atoms with Crippen molar-refractivity contribution in [2.75, 3.05) is 33.3 Å². The Labute approximate surface area is 179 Å². The highest BCUT2D eigenvalue weighted by Gasteiger charge is 2.34. The number of piperazine rings is 1. The number of alkyl halides is 3. The molecule has 1 saturated heterocycles. The summed E-state index contributed by atoms with van der Waals surface area (Å²) in [5.74, 6) is 0.609. The highest BCUT2D eigenvalue weighted by atomic mass is 32.2. The Balaban J connectivity index is 1.59. The summed E-state index contributed by atoms with van der Waals surface area (Å²) in [6, 6.07) is 11.1. The summed E-state index contributed by atoms with van der Waals surface area (Å²) in [6.07, 6.45) is -3.83. The topological polar surface area (TPSA) is 66.9 Å². The molecule has 1 fully saturated rings. The van der Waals surface area contributed by atoms with Crippen LogP contribution in [0.4, 0.5) is 13.2 Å². The van der Waals surface area contributed by atoms with Crippen LogP contribution in [0.2, 0.25) is 0 Å². The molecule has 3 rings (SSSR count). The summed E-state index contributed by atoms with van der Waals surface area (Å²) in [4.78, 5) is 13.7. The van der Waals surface area contributed by atoms with Gasteiger partial charge in [-0.1, -0.05) is 18.2 Å². The molecule has 0 saturated carbocycles. The third kappa shape index (κ3) is 5.56. The number of aryl methyl sites for hydroxylation is 1. The van der Waals surface area contributed by atoms with Crippen LogP contribution in [0.1, 0.15) is 17.5 Å². The number of hydrogen-bond acceptors (Lipinski definition) is 4. The molecule has 0 N–H and O–H groups in total. The van der Waals surface area contributed by atoms with E-state index in [0.29, 0.717) is 18.2 Å². The molecular formula is C21H23F3N2O4S. The molecular weight excluding hydrogens is 433 g/mol. The van der Waals surface area contributed by atoms with E-state index in [9.17, 15) is 26.4 Å². The van der Waals surface area contributed by atoms with Gasteiger partial charge in [-0.15, -0.1) is 0 Å². The van der Waals surface area contributed by atoms with Crippen LogP contribution in [0, 0.1) is 0 Å². The predicted molar refractivity (Wildman–Crippen MR) is 108 cm³/mol. The Morgan fingerprint density at radius 3 is 2.35 bits per heavy atom. The van der Waals surface area contributed by atoms with Crippen LogP contribution in [0.25, 0.3) is 0 Å². The first kappa shape index (κ1) is 23.1. The number of sulfonamides is 1. The van der Waals surface area contributed by atoms with E-state index in [0.717, 1.165) is 28.1 Å². The van der Waals surface area contributed by atoms with E-state index in [4.69, 9.17) is 4.74 Å². The van der Waals surface area contributed by atoms with Crippen LogP contribution in [0.5, 0.6) is 5.75 Å². The van der Waals surface area contributed by atoms with Gasteiger partial charge in [0.2, 0.25) is 15.9 Å². The van der Waals surface area contributed by atoms with Crippen molar-refractivity contribution in [3.63, 3.8) is 0 Å². The van der Waals surface area contributed by atoms with E-state index in [2.05, 4.69) is 0 Å². The number of halogens is 3. The highest BCUT2D eigenvalue weighted by Crippen LogP contribution is 2.31. The van der Waals surface area contributed by atoms with Gasteiger partial charge in [-0.2, -0.15) is 17.5 Å². The van der Waals surface area contributed by atoms with Gasteiger partial charge in [0.1, 0.15) is 5.75 Å². The lowest BCUT2D eigenvalue weighted by molar-refractivity contribution is -0.137. The smallest absolute Gasteiger partial charge is 0.416 e. The number of carbonyl (C=O) groups excluding carboxylic acids is 1. The standard InChI is InChI=1S/C21H23F3N2O4S/c1-30-18-6-2-4-16(14-18)8-9-20(27)25-10-12-26(13-11-25)31(28,29)19-7-3-5-17(15-19)21(22,23)24/h2-7,14-15H,8-13H2,1H3. The molecule has 6 nitrogen and oxygen atoms in total. The van der Waals surface area contributed by atoms with Crippen molar-refractivity contribution in [2.24, 2.45) is 0 Å². The van der Waals surface area contributed by atoms with Gasteiger partial charge in [-0.3, -0.25) is 4.79 Å². The molecule has 0 bridgehead atoms. The number of ether oxygens (including phenoxy) is 1. The first-order chi connectivity index (χ1) is 14.6. The van der Waals surface area contributed by atoms with Crippen molar-refractivity contribution in [2.45, 2.75) is 23.9 Å². The van der Waals surface area contributed by atoms with Gasteiger partial charge in [0.25, 0.3) is 0 Å². The Morgan fingerprint density at radius 2 is 1.71 bits per heavy atom. The van der Waals surface area contributed by atoms with Crippen LogP contribution in [-0.4, -0.2) is 56.8 Å². The average molecular weight is 456 g/mol. The first-order valence-electron chi connectivity index (χ1n) is 9.69. The molecule has 1 aliphatic heterocycles. The lowest BCUT2D eigenvalue weighted by Gasteiger charge is -2.34. The summed E-state index contributed by atoms with van der Waals surface area (Å²) >= 11 is 0. The number of nitrogens with zero attached hydrogens (tertiary/aromatic N) is 2. The summed E-state index contributed by atoms with van der Waals surface area (Å²) in [5, 5.41) is 0. The molecule has 2 aromatic rings. The normalized spacial score (nSPS) is 15.7. The van der Waals surface area contributed by atoms with Crippen LogP contribution < -0.4 is 4.74 Å². The SMILES string of the molecule is COc1cccc(CCC(=O)N2CCN(S(=O)(=O)c3cccc(C(F)(F)F)c3)CC2)c1. The fraction of sp³-hybridized carbons (Fsp3) is 0.381. The zero-order valence-electron chi connectivity index (χ0n) is 16.9. The van der Waals surface area contributed by atoms with Crippen LogP contribution in [0.15, 0.2) is 53.4 Å². The second kappa shape index (κ2) is 9.27. The summed E-state index contributed by atoms with van der Waals surface area (Å²) in [6.45, 7) is 0.442. The molecule has 1 aliphatic rings. The van der Waals surface area contributed by atoms with Crippen LogP contribution >= 0.6 is 0 Å². The van der Waals surface area contributed by atoms with E-state index in [-0.39, 0.29) is 38.5 Å². The molecule has 1 amide bonds. The van der Waals surface area contributed by atoms with Crippen molar-refractivity contribution in [1.29, 1.82) is 0 Å². The van der Waals surface area contributed by atoms with Crippen molar-refractivity contribution < 1.29 is 31.1 Å². The van der Waals surface area contributed by atoms with Crippen LogP contribution in [-0.2, 0) is 27.4 Å². The Morgan fingerprint density at radius 1 is 1.03 bits per heavy atom. The highest BCUT2D eigenvalue weighted by molar-refractivity contribution is 7.89. The average Bonchev–Trinajstić information content (AvgIpc) is 2.77. The van der Waals surface area contributed by atoms with Gasteiger partial charge in [-0.25, -0.2) is 8.42 Å². The maximum absolute atomic E-state index is 12.9. The molecule has 0 aromatic heterocycles. The quantitative estimate of drug-likeness (QED) is 0.670. The predicted octanol–water partition coefficient (Wildman–Crippen LogP) is 3.18. The van der Waals surface area contributed by atoms with Gasteiger partial charge in [0.15, 0.2) is 0 Å². The number of amides is 1. The minimum atomic E-state index is -4.63. The minimum absolute atomic E-state index is 0.0312. The molecule has 0 radical (unpaired) electrons. The summed E-state index contributed by atoms with van der Waals surface area (Å²) in [5.41, 5.74) is -0.0570. The van der Waals surface area contributed by atoms with Crippen molar-refractivity contribution in [3.05, 3.63) is 59.7 Å². The summed E-state index contributed by atoms with van der Waals surface area (Å²) in [7, 11) is -2.51. The van der Waals surface area contributed by atoms with Crippen molar-refractivity contribution in [3.8, 4) is 5.75 Å². The summed E-state index contributed by atoms with van der Waals surface area (Å²) < 4.78 is 70.5. The zero-order valence-corrected chi connectivity index (χ0v) is 17.7. The van der Waals surface area contributed by atoms with Gasteiger partial charge >= 0.3 is 6.18 Å². The third-order valence-corrected chi connectivity index (χ3v) is 7.05. The maximum atomic E-state index is 12.9. The lowest BCUT2D eigenvalue weighted by atomic mass is 10.1. The second-order valence-electron chi connectivity index (χ2n) is 7.16. The molecule has 1 heterocycles. The minimum Gasteiger partial charge on any atom is -0.497 e. The number of benzene rings is 2. The molecule has 31 heavy (non-hydrogen) atoms. The second-order valence-corrected chi connectivity index (χ2v) is 9.10. The van der Waals surface area contributed by atoms with E-state index < -0.39 is 26.7 Å². The van der Waals surface area contributed by atoms with Gasteiger partial charge in [0, 0.05) is 32.6 Å². The van der Waals surface area contributed by atoms with Crippen LogP contribution in [0.3, 0.4) is 0 Å². The monoisotopic (exact) mass is 456 g/mol. The number of carbonyl (C=O) groups is 1. The van der Waals surface area contributed by atoms with Gasteiger partial charge in [-0.05, 0) is 42.3 Å². The van der Waals surface area contributed by atoms with Crippen molar-refractivity contribution >= 4 is 15.9 Å². The van der Waals surface area contributed by atoms with Crippen molar-refractivity contribution in [1.82, 2.24) is 9.21 Å². The molecule has 0 aliphatic carbocycles. The first-order valence-corrected chi connectivity index (χ1v) is 11.1. The van der Waals surface area contributed by atoms with E-state index >= 15 is 0 Å². The molecule has 0 atom stereocenters. The third-order valence-electron chi connectivity index (χ3n) is 5.15. The zero-order chi connectivity index (χ0) is 22.6. The Kier molecular flexibility index (Phi) is 6.90.